The number of halogens is 2. The van der Waals surface area contributed by atoms with E-state index in [-0.39, 0.29) is 23.4 Å². The van der Waals surface area contributed by atoms with E-state index < -0.39 is 5.82 Å². The van der Waals surface area contributed by atoms with Gasteiger partial charge >= 0.3 is 0 Å². The van der Waals surface area contributed by atoms with Crippen LogP contribution in [-0.4, -0.2) is 23.5 Å². The SMILES string of the molecule is CCC(N)CSCC(=O)Nc1ccc(Br)cc1F. The van der Waals surface area contributed by atoms with Gasteiger partial charge in [0.25, 0.3) is 0 Å². The molecule has 1 rings (SSSR count). The molecule has 0 heterocycles. The molecule has 3 nitrogen and oxygen atoms in total. The summed E-state index contributed by atoms with van der Waals surface area (Å²) in [4.78, 5) is 11.6. The number of thioether (sulfide) groups is 1. The predicted molar refractivity (Wildman–Crippen MR) is 78.3 cm³/mol. The number of nitrogens with one attached hydrogen (secondary N) is 1. The first-order chi connectivity index (χ1) is 8.52. The van der Waals surface area contributed by atoms with Gasteiger partial charge in [-0.3, -0.25) is 4.79 Å². The molecule has 6 heteroatoms. The molecule has 1 unspecified atom stereocenters. The summed E-state index contributed by atoms with van der Waals surface area (Å²) in [6, 6.07) is 4.63. The number of carbonyl (C=O) groups excluding carboxylic acids is 1. The number of anilines is 1. The van der Waals surface area contributed by atoms with Crippen molar-refractivity contribution >= 4 is 39.3 Å². The van der Waals surface area contributed by atoms with E-state index in [1.165, 1.54) is 23.9 Å². The van der Waals surface area contributed by atoms with Gasteiger partial charge in [-0.15, -0.1) is 0 Å². The molecule has 1 atom stereocenters. The summed E-state index contributed by atoms with van der Waals surface area (Å²) in [6.07, 6.45) is 0.885. The second-order valence-electron chi connectivity index (χ2n) is 3.86. The molecule has 1 aromatic rings. The van der Waals surface area contributed by atoms with E-state index >= 15 is 0 Å². The van der Waals surface area contributed by atoms with Gasteiger partial charge in [0, 0.05) is 16.3 Å². The second-order valence-corrected chi connectivity index (χ2v) is 5.80. The molecule has 0 spiro atoms. The molecule has 0 aromatic heterocycles. The van der Waals surface area contributed by atoms with E-state index in [2.05, 4.69) is 21.2 Å². The number of carbonyl (C=O) groups is 1. The lowest BCUT2D eigenvalue weighted by molar-refractivity contribution is -0.113. The summed E-state index contributed by atoms with van der Waals surface area (Å²) in [6.45, 7) is 2.00. The van der Waals surface area contributed by atoms with Crippen molar-refractivity contribution in [2.24, 2.45) is 5.73 Å². The minimum absolute atomic E-state index is 0.104. The Morgan fingerprint density at radius 1 is 1.61 bits per heavy atom. The summed E-state index contributed by atoms with van der Waals surface area (Å²) in [5, 5.41) is 2.53. The molecule has 1 amide bonds. The average Bonchev–Trinajstić information content (AvgIpc) is 2.32. The van der Waals surface area contributed by atoms with Gasteiger partial charge < -0.3 is 11.1 Å². The molecule has 0 fully saturated rings. The second kappa shape index (κ2) is 7.76. The zero-order chi connectivity index (χ0) is 13.5. The summed E-state index contributed by atoms with van der Waals surface area (Å²) in [5.74, 6) is 0.341. The number of hydrogen-bond donors (Lipinski definition) is 2. The van der Waals surface area contributed by atoms with Crippen molar-refractivity contribution in [2.45, 2.75) is 19.4 Å². The molecule has 0 aliphatic heterocycles. The van der Waals surface area contributed by atoms with E-state index in [0.29, 0.717) is 4.47 Å². The number of rotatable bonds is 6. The molecule has 0 aliphatic rings. The first kappa shape index (κ1) is 15.5. The Morgan fingerprint density at radius 3 is 2.94 bits per heavy atom. The van der Waals surface area contributed by atoms with E-state index in [1.54, 1.807) is 6.07 Å². The van der Waals surface area contributed by atoms with Crippen LogP contribution in [0.25, 0.3) is 0 Å². The van der Waals surface area contributed by atoms with Crippen LogP contribution in [0.3, 0.4) is 0 Å². The molecule has 0 aliphatic carbocycles. The Morgan fingerprint density at radius 2 is 2.33 bits per heavy atom. The van der Waals surface area contributed by atoms with Gasteiger partial charge in [-0.1, -0.05) is 22.9 Å². The summed E-state index contributed by atoms with van der Waals surface area (Å²) in [7, 11) is 0. The maximum absolute atomic E-state index is 13.4. The van der Waals surface area contributed by atoms with Crippen LogP contribution in [0.2, 0.25) is 0 Å². The minimum Gasteiger partial charge on any atom is -0.327 e. The Bertz CT molecular complexity index is 417. The van der Waals surface area contributed by atoms with Crippen LogP contribution in [0.1, 0.15) is 13.3 Å². The largest absolute Gasteiger partial charge is 0.327 e. The Labute approximate surface area is 119 Å². The van der Waals surface area contributed by atoms with Gasteiger partial charge in [-0.25, -0.2) is 4.39 Å². The fourth-order valence-corrected chi connectivity index (χ4v) is 2.45. The monoisotopic (exact) mass is 334 g/mol. The lowest BCUT2D eigenvalue weighted by atomic mass is 10.3. The van der Waals surface area contributed by atoms with Crippen LogP contribution in [0, 0.1) is 5.82 Å². The van der Waals surface area contributed by atoms with Crippen LogP contribution in [0.4, 0.5) is 10.1 Å². The maximum Gasteiger partial charge on any atom is 0.234 e. The molecule has 0 radical (unpaired) electrons. The van der Waals surface area contributed by atoms with Crippen LogP contribution in [-0.2, 0) is 4.79 Å². The van der Waals surface area contributed by atoms with Crippen LogP contribution in [0.5, 0.6) is 0 Å². The van der Waals surface area contributed by atoms with Crippen molar-refractivity contribution < 1.29 is 9.18 Å². The average molecular weight is 335 g/mol. The van der Waals surface area contributed by atoms with Gasteiger partial charge in [0.2, 0.25) is 5.91 Å². The fourth-order valence-electron chi connectivity index (χ4n) is 1.20. The van der Waals surface area contributed by atoms with Gasteiger partial charge in [0.1, 0.15) is 5.82 Å². The zero-order valence-electron chi connectivity index (χ0n) is 10.1. The smallest absolute Gasteiger partial charge is 0.234 e. The van der Waals surface area contributed by atoms with E-state index in [4.69, 9.17) is 5.73 Å². The number of benzene rings is 1. The molecule has 0 saturated heterocycles. The van der Waals surface area contributed by atoms with E-state index in [9.17, 15) is 9.18 Å². The van der Waals surface area contributed by atoms with Gasteiger partial charge in [0.05, 0.1) is 11.4 Å². The molecule has 1 aromatic carbocycles. The lowest BCUT2D eigenvalue weighted by Crippen LogP contribution is -2.23. The molecule has 3 N–H and O–H groups in total. The van der Waals surface area contributed by atoms with Crippen LogP contribution in [0.15, 0.2) is 22.7 Å². The highest BCUT2D eigenvalue weighted by atomic mass is 79.9. The van der Waals surface area contributed by atoms with Crippen LogP contribution >= 0.6 is 27.7 Å². The fraction of sp³-hybridized carbons (Fsp3) is 0.417. The van der Waals surface area contributed by atoms with E-state index in [0.717, 1.165) is 12.2 Å². The Balaban J connectivity index is 2.40. The van der Waals surface area contributed by atoms with Crippen molar-refractivity contribution in [1.29, 1.82) is 0 Å². The zero-order valence-corrected chi connectivity index (χ0v) is 12.5. The number of hydrogen-bond acceptors (Lipinski definition) is 3. The third-order valence-electron chi connectivity index (χ3n) is 2.29. The van der Waals surface area contributed by atoms with Gasteiger partial charge in [-0.05, 0) is 24.6 Å². The van der Waals surface area contributed by atoms with Crippen molar-refractivity contribution in [3.8, 4) is 0 Å². The molecule has 18 heavy (non-hydrogen) atoms. The predicted octanol–water partition coefficient (Wildman–Crippen LogP) is 3.00. The summed E-state index contributed by atoms with van der Waals surface area (Å²) >= 11 is 4.61. The highest BCUT2D eigenvalue weighted by molar-refractivity contribution is 9.10. The topological polar surface area (TPSA) is 55.1 Å². The van der Waals surface area contributed by atoms with Gasteiger partial charge in [-0.2, -0.15) is 11.8 Å². The quantitative estimate of drug-likeness (QED) is 0.840. The minimum atomic E-state index is -0.451. The normalized spacial score (nSPS) is 12.2. The van der Waals surface area contributed by atoms with Crippen molar-refractivity contribution in [2.75, 3.05) is 16.8 Å². The summed E-state index contributed by atoms with van der Waals surface area (Å²) in [5.41, 5.74) is 5.93. The standard InChI is InChI=1S/C12H16BrFN2OS/c1-2-9(15)6-18-7-12(17)16-11-4-3-8(13)5-10(11)14/h3-5,9H,2,6-7,15H2,1H3,(H,16,17). The summed E-state index contributed by atoms with van der Waals surface area (Å²) < 4.78 is 14.1. The number of nitrogens with two attached hydrogens (primary N) is 1. The maximum atomic E-state index is 13.4. The van der Waals surface area contributed by atoms with Crippen molar-refractivity contribution in [3.05, 3.63) is 28.5 Å². The third-order valence-corrected chi connectivity index (χ3v) is 3.92. The number of amides is 1. The first-order valence-electron chi connectivity index (χ1n) is 5.61. The Kier molecular flexibility index (Phi) is 6.67. The van der Waals surface area contributed by atoms with Crippen LogP contribution < -0.4 is 11.1 Å². The highest BCUT2D eigenvalue weighted by Gasteiger charge is 2.08. The highest BCUT2D eigenvalue weighted by Crippen LogP contribution is 2.19. The molecule has 0 saturated carbocycles. The van der Waals surface area contributed by atoms with Crippen molar-refractivity contribution in [3.63, 3.8) is 0 Å². The third kappa shape index (κ3) is 5.37. The van der Waals surface area contributed by atoms with Gasteiger partial charge in [0.15, 0.2) is 0 Å². The molecule has 100 valence electrons. The first-order valence-corrected chi connectivity index (χ1v) is 7.56. The lowest BCUT2D eigenvalue weighted by Gasteiger charge is -2.09. The molecule has 0 bridgehead atoms. The Hall–Kier alpha value is -0.590. The molecular weight excluding hydrogens is 319 g/mol. The van der Waals surface area contributed by atoms with Crippen molar-refractivity contribution in [1.82, 2.24) is 0 Å². The van der Waals surface area contributed by atoms with E-state index in [1.807, 2.05) is 6.92 Å². The molecular formula is C12H16BrFN2OS.